The molecule has 1 aliphatic carbocycles. The number of nitrogens with zero attached hydrogens (tertiary/aromatic N) is 1. The van der Waals surface area contributed by atoms with Crippen LogP contribution in [0.3, 0.4) is 0 Å². The molecule has 0 bridgehead atoms. The molecule has 2 fully saturated rings. The Kier molecular flexibility index (Phi) is 6.85. The highest BCUT2D eigenvalue weighted by atomic mass is 16.5. The SMILES string of the molecule is CCNC(=O)c1cccc(NC(=O)COC(=O)[C@@H]2CC(=O)N(C3CCCC3)C2)c1. The normalized spacial score (nSPS) is 19.3. The Labute approximate surface area is 170 Å². The van der Waals surface area contributed by atoms with E-state index in [1.165, 1.54) is 0 Å². The lowest BCUT2D eigenvalue weighted by atomic mass is 10.1. The Bertz CT molecular complexity index is 788. The molecular weight excluding hydrogens is 374 g/mol. The van der Waals surface area contributed by atoms with Gasteiger partial charge in [-0.15, -0.1) is 0 Å². The first kappa shape index (κ1) is 20.8. The molecule has 8 nitrogen and oxygen atoms in total. The molecule has 1 saturated heterocycles. The van der Waals surface area contributed by atoms with Crippen LogP contribution in [0.25, 0.3) is 0 Å². The van der Waals surface area contributed by atoms with Gasteiger partial charge in [-0.25, -0.2) is 0 Å². The summed E-state index contributed by atoms with van der Waals surface area (Å²) in [5, 5.41) is 5.30. The maximum atomic E-state index is 12.3. The summed E-state index contributed by atoms with van der Waals surface area (Å²) in [5.41, 5.74) is 0.872. The zero-order valence-corrected chi connectivity index (χ0v) is 16.6. The minimum Gasteiger partial charge on any atom is -0.455 e. The Balaban J connectivity index is 1.47. The minimum atomic E-state index is -0.523. The Hall–Kier alpha value is -2.90. The summed E-state index contributed by atoms with van der Waals surface area (Å²) in [6.45, 7) is 2.27. The number of amides is 3. The van der Waals surface area contributed by atoms with Gasteiger partial charge < -0.3 is 20.3 Å². The van der Waals surface area contributed by atoms with Crippen LogP contribution >= 0.6 is 0 Å². The molecule has 1 saturated carbocycles. The van der Waals surface area contributed by atoms with E-state index < -0.39 is 24.4 Å². The number of likely N-dealkylation sites (tertiary alicyclic amines) is 1. The summed E-state index contributed by atoms with van der Waals surface area (Å²) >= 11 is 0. The molecule has 0 radical (unpaired) electrons. The van der Waals surface area contributed by atoms with E-state index in [9.17, 15) is 19.2 Å². The molecule has 3 rings (SSSR count). The summed E-state index contributed by atoms with van der Waals surface area (Å²) in [6, 6.07) is 6.75. The van der Waals surface area contributed by atoms with Gasteiger partial charge in [0.1, 0.15) is 0 Å². The van der Waals surface area contributed by atoms with E-state index in [1.54, 1.807) is 29.2 Å². The molecule has 0 aromatic heterocycles. The van der Waals surface area contributed by atoms with Crippen LogP contribution in [-0.2, 0) is 19.1 Å². The van der Waals surface area contributed by atoms with Gasteiger partial charge >= 0.3 is 5.97 Å². The molecule has 3 amide bonds. The molecule has 156 valence electrons. The summed E-state index contributed by atoms with van der Waals surface area (Å²) in [6.07, 6.45) is 4.36. The fraction of sp³-hybridized carbons (Fsp3) is 0.524. The third-order valence-electron chi connectivity index (χ3n) is 5.35. The van der Waals surface area contributed by atoms with Crippen molar-refractivity contribution in [2.45, 2.75) is 45.1 Å². The summed E-state index contributed by atoms with van der Waals surface area (Å²) in [5.74, 6) is -1.77. The summed E-state index contributed by atoms with van der Waals surface area (Å²) < 4.78 is 5.13. The zero-order valence-electron chi connectivity index (χ0n) is 16.6. The van der Waals surface area contributed by atoms with Gasteiger partial charge in [-0.05, 0) is 38.0 Å². The Morgan fingerprint density at radius 1 is 1.21 bits per heavy atom. The zero-order chi connectivity index (χ0) is 20.8. The van der Waals surface area contributed by atoms with E-state index in [4.69, 9.17) is 4.74 Å². The van der Waals surface area contributed by atoms with Gasteiger partial charge in [0.05, 0.1) is 5.92 Å². The van der Waals surface area contributed by atoms with Gasteiger partial charge in [-0.3, -0.25) is 19.2 Å². The first-order chi connectivity index (χ1) is 14.0. The highest BCUT2D eigenvalue weighted by Crippen LogP contribution is 2.29. The van der Waals surface area contributed by atoms with Gasteiger partial charge in [0.25, 0.3) is 11.8 Å². The van der Waals surface area contributed by atoms with Crippen LogP contribution in [0.4, 0.5) is 5.69 Å². The maximum Gasteiger partial charge on any atom is 0.311 e. The average Bonchev–Trinajstić information content (AvgIpc) is 3.36. The number of carbonyl (C=O) groups is 4. The third kappa shape index (κ3) is 5.34. The summed E-state index contributed by atoms with van der Waals surface area (Å²) in [4.78, 5) is 50.3. The first-order valence-electron chi connectivity index (χ1n) is 10.1. The molecule has 1 heterocycles. The molecule has 0 unspecified atom stereocenters. The highest BCUT2D eigenvalue weighted by Gasteiger charge is 2.39. The van der Waals surface area contributed by atoms with Crippen molar-refractivity contribution in [2.75, 3.05) is 25.0 Å². The van der Waals surface area contributed by atoms with Crippen LogP contribution < -0.4 is 10.6 Å². The van der Waals surface area contributed by atoms with Crippen molar-refractivity contribution in [1.82, 2.24) is 10.2 Å². The lowest BCUT2D eigenvalue weighted by Crippen LogP contribution is -2.35. The van der Waals surface area contributed by atoms with Crippen molar-refractivity contribution in [3.63, 3.8) is 0 Å². The van der Waals surface area contributed by atoms with Crippen LogP contribution in [-0.4, -0.2) is 54.3 Å². The van der Waals surface area contributed by atoms with E-state index >= 15 is 0 Å². The molecule has 1 atom stereocenters. The second-order valence-electron chi connectivity index (χ2n) is 7.48. The van der Waals surface area contributed by atoms with Gasteiger partial charge in [-0.2, -0.15) is 0 Å². The van der Waals surface area contributed by atoms with Crippen molar-refractivity contribution in [3.05, 3.63) is 29.8 Å². The van der Waals surface area contributed by atoms with E-state index in [0.717, 1.165) is 25.7 Å². The van der Waals surface area contributed by atoms with E-state index in [0.29, 0.717) is 24.3 Å². The number of hydrogen-bond donors (Lipinski definition) is 2. The molecule has 0 spiro atoms. The topological polar surface area (TPSA) is 105 Å². The predicted molar refractivity (Wildman–Crippen MR) is 106 cm³/mol. The Morgan fingerprint density at radius 2 is 1.97 bits per heavy atom. The van der Waals surface area contributed by atoms with Crippen molar-refractivity contribution in [1.29, 1.82) is 0 Å². The minimum absolute atomic E-state index is 0.00882. The highest BCUT2D eigenvalue weighted by molar-refractivity contribution is 5.98. The standard InChI is InChI=1S/C21H27N3O5/c1-2-22-20(27)14-6-5-7-16(10-14)23-18(25)13-29-21(28)15-11-19(26)24(12-15)17-8-3-4-9-17/h5-7,10,15,17H,2-4,8-9,11-13H2,1H3,(H,22,27)(H,23,25)/t15-/m1/s1. The number of rotatable bonds is 7. The smallest absolute Gasteiger partial charge is 0.311 e. The van der Waals surface area contributed by atoms with Crippen molar-refractivity contribution in [2.24, 2.45) is 5.92 Å². The van der Waals surface area contributed by atoms with Crippen LogP contribution in [0, 0.1) is 5.92 Å². The van der Waals surface area contributed by atoms with Gasteiger partial charge in [0.2, 0.25) is 5.91 Å². The fourth-order valence-corrected chi connectivity index (χ4v) is 3.91. The van der Waals surface area contributed by atoms with Crippen molar-refractivity contribution < 1.29 is 23.9 Å². The molecule has 1 aromatic rings. The fourth-order valence-electron chi connectivity index (χ4n) is 3.91. The van der Waals surface area contributed by atoms with Crippen LogP contribution in [0.5, 0.6) is 0 Å². The first-order valence-corrected chi connectivity index (χ1v) is 10.1. The molecule has 1 aliphatic heterocycles. The number of carbonyl (C=O) groups excluding carboxylic acids is 4. The number of esters is 1. The average molecular weight is 401 g/mol. The lowest BCUT2D eigenvalue weighted by molar-refractivity contribution is -0.151. The lowest BCUT2D eigenvalue weighted by Gasteiger charge is -2.23. The van der Waals surface area contributed by atoms with Crippen molar-refractivity contribution >= 4 is 29.4 Å². The molecular formula is C21H27N3O5. The largest absolute Gasteiger partial charge is 0.455 e. The molecule has 2 N–H and O–H groups in total. The predicted octanol–water partition coefficient (Wildman–Crippen LogP) is 1.71. The second-order valence-corrected chi connectivity index (χ2v) is 7.48. The number of benzene rings is 1. The number of nitrogens with one attached hydrogen (secondary N) is 2. The van der Waals surface area contributed by atoms with E-state index in [-0.39, 0.29) is 24.3 Å². The van der Waals surface area contributed by atoms with Gasteiger partial charge in [-0.1, -0.05) is 18.9 Å². The van der Waals surface area contributed by atoms with Crippen LogP contribution in [0.15, 0.2) is 24.3 Å². The van der Waals surface area contributed by atoms with Gasteiger partial charge in [0.15, 0.2) is 6.61 Å². The molecule has 8 heteroatoms. The van der Waals surface area contributed by atoms with Gasteiger partial charge in [0, 0.05) is 36.8 Å². The van der Waals surface area contributed by atoms with E-state index in [2.05, 4.69) is 10.6 Å². The van der Waals surface area contributed by atoms with E-state index in [1.807, 2.05) is 6.92 Å². The second kappa shape index (κ2) is 9.54. The number of ether oxygens (including phenoxy) is 1. The number of anilines is 1. The maximum absolute atomic E-state index is 12.3. The molecule has 2 aliphatic rings. The van der Waals surface area contributed by atoms with Crippen LogP contribution in [0.2, 0.25) is 0 Å². The summed E-state index contributed by atoms with van der Waals surface area (Å²) in [7, 11) is 0. The van der Waals surface area contributed by atoms with Crippen molar-refractivity contribution in [3.8, 4) is 0 Å². The molecule has 1 aromatic carbocycles. The third-order valence-corrected chi connectivity index (χ3v) is 5.35. The monoisotopic (exact) mass is 401 g/mol. The Morgan fingerprint density at radius 3 is 2.69 bits per heavy atom. The van der Waals surface area contributed by atoms with Crippen LogP contribution in [0.1, 0.15) is 49.4 Å². The number of hydrogen-bond acceptors (Lipinski definition) is 5. The quantitative estimate of drug-likeness (QED) is 0.677. The molecule has 29 heavy (non-hydrogen) atoms.